The van der Waals surface area contributed by atoms with E-state index in [0.717, 1.165) is 17.9 Å². The van der Waals surface area contributed by atoms with E-state index in [1.165, 1.54) is 105 Å². The topological polar surface area (TPSA) is 9.23 Å². The van der Waals surface area contributed by atoms with Crippen LogP contribution in [0.15, 0.2) is 194 Å². The fraction of sp³-hybridized carbons (Fsp3) is 0.0690. The van der Waals surface area contributed by atoms with Crippen LogP contribution in [0.3, 0.4) is 0 Å². The van der Waals surface area contributed by atoms with Gasteiger partial charge < -0.3 is 4.74 Å². The summed E-state index contributed by atoms with van der Waals surface area (Å²) in [5.41, 5.74) is 19.0. The first kappa shape index (κ1) is 31.8. The molecule has 0 N–H and O–H groups in total. The van der Waals surface area contributed by atoms with Crippen molar-refractivity contribution in [3.8, 4) is 44.9 Å². The number of hydrogen-bond donors (Lipinski definition) is 0. The Hall–Kier alpha value is -7.22. The van der Waals surface area contributed by atoms with Crippen LogP contribution in [0.25, 0.3) is 55.8 Å². The lowest BCUT2D eigenvalue weighted by Crippen LogP contribution is -2.38. The Kier molecular flexibility index (Phi) is 6.06. The normalized spacial score (nSPS) is 18.7. The average Bonchev–Trinajstić information content (AvgIpc) is 3.89. The van der Waals surface area contributed by atoms with E-state index in [9.17, 15) is 0 Å². The van der Waals surface area contributed by atoms with E-state index >= 15 is 0 Å². The maximum Gasteiger partial charge on any atom is 0.132 e. The molecule has 0 radical (unpaired) electrons. The number of hydrogen-bond acceptors (Lipinski definition) is 1. The van der Waals surface area contributed by atoms with Crippen molar-refractivity contribution >= 4 is 22.4 Å². The van der Waals surface area contributed by atoms with Gasteiger partial charge in [-0.1, -0.05) is 176 Å². The molecule has 0 saturated heterocycles. The van der Waals surface area contributed by atoms with Crippen molar-refractivity contribution in [1.29, 1.82) is 0 Å². The van der Waals surface area contributed by atoms with Crippen LogP contribution in [0, 0.1) is 5.92 Å². The standard InChI is InChI=1S/C58H36O/c1-3-15-39-35(13-1)25-30-51-55(39)44-20-8-12-24-49(44)57(51)46-21-9-7-19-43(46)45-33-37(26-29-50(45)57)38-28-31-53-52(34-38)58(56-40-16-4-2-14-36(40)27-32-54(56)59-53)47-22-10-5-17-41(47)42-18-6-11-23-48(42)58/h1-29,31-34,51H,30H2. The molecular formula is C58H36O. The fourth-order valence-corrected chi connectivity index (χ4v) is 12.5. The highest BCUT2D eigenvalue weighted by molar-refractivity contribution is 5.98. The summed E-state index contributed by atoms with van der Waals surface area (Å²) >= 11 is 0. The second-order valence-corrected chi connectivity index (χ2v) is 17.0. The maximum absolute atomic E-state index is 6.98. The van der Waals surface area contributed by atoms with Gasteiger partial charge in [0.05, 0.1) is 10.8 Å². The number of fused-ring (bicyclic) bond motifs is 22. The minimum atomic E-state index is -0.562. The van der Waals surface area contributed by atoms with Gasteiger partial charge in [-0.3, -0.25) is 0 Å². The SMILES string of the molecule is C1=c2ccccc2=C2c3ccccc3C3(c4ccccc4-c4cc(-c5ccc6c(c5)C5(c7ccccc7-c7ccccc75)c5c(ccc7ccccc57)O6)ccc43)C2C1. The highest BCUT2D eigenvalue weighted by Crippen LogP contribution is 2.66. The monoisotopic (exact) mass is 748 g/mol. The molecule has 2 unspecified atom stereocenters. The largest absolute Gasteiger partial charge is 0.457 e. The van der Waals surface area contributed by atoms with Gasteiger partial charge in [-0.15, -0.1) is 0 Å². The zero-order valence-electron chi connectivity index (χ0n) is 32.2. The highest BCUT2D eigenvalue weighted by atomic mass is 16.5. The predicted octanol–water partition coefficient (Wildman–Crippen LogP) is 12.3. The molecule has 0 bridgehead atoms. The minimum absolute atomic E-state index is 0.268. The molecule has 2 spiro atoms. The molecule has 1 heteroatoms. The first-order chi connectivity index (χ1) is 29.3. The van der Waals surface area contributed by atoms with Crippen molar-refractivity contribution in [2.75, 3.05) is 0 Å². The van der Waals surface area contributed by atoms with Crippen molar-refractivity contribution in [3.63, 3.8) is 0 Å². The highest BCUT2D eigenvalue weighted by Gasteiger charge is 2.57. The molecule has 2 atom stereocenters. The van der Waals surface area contributed by atoms with Gasteiger partial charge in [-0.25, -0.2) is 0 Å². The van der Waals surface area contributed by atoms with Gasteiger partial charge in [-0.05, 0) is 124 Å². The van der Waals surface area contributed by atoms with Crippen LogP contribution in [0.4, 0.5) is 0 Å². The predicted molar refractivity (Wildman–Crippen MR) is 239 cm³/mol. The Balaban J connectivity index is 1.02. The summed E-state index contributed by atoms with van der Waals surface area (Å²) in [6, 6.07) is 73.0. The van der Waals surface area contributed by atoms with E-state index in [2.05, 4.69) is 200 Å². The Morgan fingerprint density at radius 1 is 0.424 bits per heavy atom. The van der Waals surface area contributed by atoms with E-state index in [1.54, 1.807) is 0 Å². The number of ether oxygens (including phenoxy) is 1. The van der Waals surface area contributed by atoms with E-state index in [1.807, 2.05) is 0 Å². The summed E-state index contributed by atoms with van der Waals surface area (Å²) in [6.07, 6.45) is 3.49. The lowest BCUT2D eigenvalue weighted by atomic mass is 9.64. The van der Waals surface area contributed by atoms with Crippen LogP contribution in [0.2, 0.25) is 0 Å². The van der Waals surface area contributed by atoms with Crippen molar-refractivity contribution in [2.24, 2.45) is 5.92 Å². The molecule has 1 nitrogen and oxygen atoms in total. The zero-order valence-corrected chi connectivity index (χ0v) is 32.2. The summed E-state index contributed by atoms with van der Waals surface area (Å²) < 4.78 is 6.98. The summed E-state index contributed by atoms with van der Waals surface area (Å²) in [5, 5.41) is 5.17. The van der Waals surface area contributed by atoms with Crippen molar-refractivity contribution < 1.29 is 4.74 Å². The van der Waals surface area contributed by atoms with Crippen LogP contribution in [0.1, 0.15) is 50.9 Å². The lowest BCUT2D eigenvalue weighted by Gasteiger charge is -2.40. The molecule has 14 rings (SSSR count). The first-order valence-corrected chi connectivity index (χ1v) is 20.9. The van der Waals surface area contributed by atoms with E-state index in [0.29, 0.717) is 5.92 Å². The zero-order chi connectivity index (χ0) is 38.5. The van der Waals surface area contributed by atoms with Crippen LogP contribution in [-0.4, -0.2) is 0 Å². The Morgan fingerprint density at radius 3 is 1.80 bits per heavy atom. The molecule has 1 heterocycles. The van der Waals surface area contributed by atoms with Crippen LogP contribution in [-0.2, 0) is 10.8 Å². The first-order valence-electron chi connectivity index (χ1n) is 20.9. The molecule has 0 saturated carbocycles. The maximum atomic E-state index is 6.98. The van der Waals surface area contributed by atoms with Gasteiger partial charge in [0.1, 0.15) is 11.5 Å². The summed E-state index contributed by atoms with van der Waals surface area (Å²) in [4.78, 5) is 0. The van der Waals surface area contributed by atoms with E-state index < -0.39 is 5.41 Å². The molecule has 59 heavy (non-hydrogen) atoms. The molecule has 4 aliphatic carbocycles. The third kappa shape index (κ3) is 3.78. The van der Waals surface area contributed by atoms with Crippen molar-refractivity contribution in [3.05, 3.63) is 249 Å². The van der Waals surface area contributed by atoms with Crippen LogP contribution < -0.4 is 15.2 Å². The van der Waals surface area contributed by atoms with Gasteiger partial charge in [0.25, 0.3) is 0 Å². The Morgan fingerprint density at radius 2 is 1.00 bits per heavy atom. The van der Waals surface area contributed by atoms with Gasteiger partial charge >= 0.3 is 0 Å². The molecule has 0 amide bonds. The third-order valence-corrected chi connectivity index (χ3v) is 14.6. The van der Waals surface area contributed by atoms with E-state index in [4.69, 9.17) is 4.74 Å². The second kappa shape index (κ2) is 11.2. The number of rotatable bonds is 1. The molecular weight excluding hydrogens is 713 g/mol. The Labute approximate surface area is 342 Å². The molecule has 5 aliphatic rings. The fourth-order valence-electron chi connectivity index (χ4n) is 12.5. The van der Waals surface area contributed by atoms with Gasteiger partial charge in [0, 0.05) is 17.0 Å². The summed E-state index contributed by atoms with van der Waals surface area (Å²) in [7, 11) is 0. The quantitative estimate of drug-likeness (QED) is 0.162. The van der Waals surface area contributed by atoms with Gasteiger partial charge in [-0.2, -0.15) is 0 Å². The molecule has 0 fully saturated rings. The summed E-state index contributed by atoms with van der Waals surface area (Å²) in [6.45, 7) is 0. The smallest absolute Gasteiger partial charge is 0.132 e. The number of benzene rings is 9. The molecule has 0 aromatic heterocycles. The van der Waals surface area contributed by atoms with Crippen molar-refractivity contribution in [2.45, 2.75) is 17.3 Å². The molecule has 274 valence electrons. The van der Waals surface area contributed by atoms with Gasteiger partial charge in [0.15, 0.2) is 0 Å². The van der Waals surface area contributed by atoms with Gasteiger partial charge in [0.2, 0.25) is 0 Å². The summed E-state index contributed by atoms with van der Waals surface area (Å²) in [5.74, 6) is 2.14. The minimum Gasteiger partial charge on any atom is -0.457 e. The van der Waals surface area contributed by atoms with Crippen LogP contribution in [0.5, 0.6) is 11.5 Å². The second-order valence-electron chi connectivity index (χ2n) is 17.0. The molecule has 1 aliphatic heterocycles. The van der Waals surface area contributed by atoms with Crippen molar-refractivity contribution in [1.82, 2.24) is 0 Å². The van der Waals surface area contributed by atoms with Crippen LogP contribution >= 0.6 is 0 Å². The molecule has 9 aromatic carbocycles. The van der Waals surface area contributed by atoms with E-state index in [-0.39, 0.29) is 5.41 Å². The third-order valence-electron chi connectivity index (χ3n) is 14.6. The molecule has 9 aromatic rings. The lowest BCUT2D eigenvalue weighted by molar-refractivity contribution is 0.438. The average molecular weight is 749 g/mol. The Bertz CT molecular complexity index is 3430.